The van der Waals surface area contributed by atoms with Gasteiger partial charge < -0.3 is 9.84 Å². The fourth-order valence-corrected chi connectivity index (χ4v) is 1.17. The van der Waals surface area contributed by atoms with Gasteiger partial charge in [0, 0.05) is 6.08 Å². The molecular weight excluding hydrogens is 192 g/mol. The van der Waals surface area contributed by atoms with E-state index in [0.717, 1.165) is 23.0 Å². The number of aliphatic carboxylic acids is 1. The van der Waals surface area contributed by atoms with Gasteiger partial charge in [-0.05, 0) is 37.1 Å². The third kappa shape index (κ3) is 3.46. The Hall–Kier alpha value is -1.77. The molecule has 0 unspecified atom stereocenters. The first kappa shape index (κ1) is 11.3. The van der Waals surface area contributed by atoms with Gasteiger partial charge in [0.1, 0.15) is 12.4 Å². The normalized spacial score (nSPS) is 10.5. The van der Waals surface area contributed by atoms with Crippen molar-refractivity contribution in [3.63, 3.8) is 0 Å². The number of carboxylic acid groups (broad SMARTS) is 1. The van der Waals surface area contributed by atoms with Gasteiger partial charge in [0.2, 0.25) is 0 Å². The van der Waals surface area contributed by atoms with E-state index < -0.39 is 5.97 Å². The number of benzene rings is 1. The van der Waals surface area contributed by atoms with E-state index in [-0.39, 0.29) is 6.61 Å². The molecule has 0 atom stereocenters. The zero-order chi connectivity index (χ0) is 11.3. The number of carboxylic acids is 1. The molecule has 15 heavy (non-hydrogen) atoms. The zero-order valence-corrected chi connectivity index (χ0v) is 8.86. The Morgan fingerprint density at radius 2 is 2.20 bits per heavy atom. The fourth-order valence-electron chi connectivity index (χ4n) is 1.17. The van der Waals surface area contributed by atoms with E-state index in [0.29, 0.717) is 0 Å². The Labute approximate surface area is 89.0 Å². The van der Waals surface area contributed by atoms with Crippen molar-refractivity contribution in [2.75, 3.05) is 6.61 Å². The van der Waals surface area contributed by atoms with E-state index in [2.05, 4.69) is 0 Å². The highest BCUT2D eigenvalue weighted by molar-refractivity contribution is 5.79. The highest BCUT2D eigenvalue weighted by Gasteiger charge is 1.99. The summed E-state index contributed by atoms with van der Waals surface area (Å²) in [6.45, 7) is 4.26. The standard InChI is InChI=1S/C12H14O3/c1-9-5-3-6-11(10(9)2)15-8-4-7-12(13)14/h3-7H,8H2,1-2H3,(H,13,14)/b7-4+. The molecule has 0 amide bonds. The summed E-state index contributed by atoms with van der Waals surface area (Å²) in [5.74, 6) is -0.162. The van der Waals surface area contributed by atoms with Gasteiger partial charge in [-0.25, -0.2) is 4.79 Å². The molecule has 3 heteroatoms. The molecule has 0 aliphatic carbocycles. The van der Waals surface area contributed by atoms with Crippen molar-refractivity contribution in [3.8, 4) is 5.75 Å². The summed E-state index contributed by atoms with van der Waals surface area (Å²) in [6.07, 6.45) is 2.55. The van der Waals surface area contributed by atoms with Crippen LogP contribution in [0.1, 0.15) is 11.1 Å². The van der Waals surface area contributed by atoms with Gasteiger partial charge >= 0.3 is 5.97 Å². The largest absolute Gasteiger partial charge is 0.489 e. The molecule has 0 aliphatic heterocycles. The van der Waals surface area contributed by atoms with Gasteiger partial charge in [0.05, 0.1) is 0 Å². The Morgan fingerprint density at radius 3 is 2.87 bits per heavy atom. The topological polar surface area (TPSA) is 46.5 Å². The monoisotopic (exact) mass is 206 g/mol. The van der Waals surface area contributed by atoms with Crippen LogP contribution in [0.5, 0.6) is 5.75 Å². The second kappa shape index (κ2) is 5.20. The predicted octanol–water partition coefficient (Wildman–Crippen LogP) is 2.32. The molecule has 0 saturated heterocycles. The number of carbonyl (C=O) groups is 1. The van der Waals surface area contributed by atoms with Crippen LogP contribution >= 0.6 is 0 Å². The molecular formula is C12H14O3. The maximum Gasteiger partial charge on any atom is 0.328 e. The van der Waals surface area contributed by atoms with Crippen LogP contribution in [0.2, 0.25) is 0 Å². The SMILES string of the molecule is Cc1cccc(OC/C=C/C(=O)O)c1C. The second-order valence-electron chi connectivity index (χ2n) is 3.25. The third-order valence-corrected chi connectivity index (χ3v) is 2.15. The minimum absolute atomic E-state index is 0.274. The Kier molecular flexibility index (Phi) is 3.92. The predicted molar refractivity (Wildman–Crippen MR) is 58.2 cm³/mol. The quantitative estimate of drug-likeness (QED) is 0.769. The average Bonchev–Trinajstić information content (AvgIpc) is 2.18. The number of hydrogen-bond donors (Lipinski definition) is 1. The molecule has 1 rings (SSSR count). The van der Waals surface area contributed by atoms with E-state index in [4.69, 9.17) is 9.84 Å². The second-order valence-corrected chi connectivity index (χ2v) is 3.25. The van der Waals surface area contributed by atoms with E-state index >= 15 is 0 Å². The summed E-state index contributed by atoms with van der Waals surface area (Å²) in [5.41, 5.74) is 2.25. The maximum absolute atomic E-state index is 10.2. The van der Waals surface area contributed by atoms with Crippen LogP contribution in [0.25, 0.3) is 0 Å². The fraction of sp³-hybridized carbons (Fsp3) is 0.250. The van der Waals surface area contributed by atoms with Crippen LogP contribution in [0.15, 0.2) is 30.4 Å². The van der Waals surface area contributed by atoms with Gasteiger partial charge in [-0.3, -0.25) is 0 Å². The number of aryl methyl sites for hydroxylation is 1. The average molecular weight is 206 g/mol. The molecule has 0 heterocycles. The highest BCUT2D eigenvalue weighted by Crippen LogP contribution is 2.20. The Balaban J connectivity index is 2.58. The van der Waals surface area contributed by atoms with E-state index in [1.165, 1.54) is 6.08 Å². The van der Waals surface area contributed by atoms with Gasteiger partial charge in [-0.15, -0.1) is 0 Å². The van der Waals surface area contributed by atoms with Crippen LogP contribution in [-0.2, 0) is 4.79 Å². The molecule has 0 aliphatic rings. The molecule has 1 aromatic carbocycles. The number of hydrogen-bond acceptors (Lipinski definition) is 2. The summed E-state index contributed by atoms with van der Waals surface area (Å²) >= 11 is 0. The summed E-state index contributed by atoms with van der Waals surface area (Å²) in [5, 5.41) is 8.37. The lowest BCUT2D eigenvalue weighted by Crippen LogP contribution is -1.97. The smallest absolute Gasteiger partial charge is 0.328 e. The minimum Gasteiger partial charge on any atom is -0.489 e. The molecule has 3 nitrogen and oxygen atoms in total. The van der Waals surface area contributed by atoms with E-state index in [9.17, 15) is 4.79 Å². The summed E-state index contributed by atoms with van der Waals surface area (Å²) in [4.78, 5) is 10.2. The highest BCUT2D eigenvalue weighted by atomic mass is 16.5. The van der Waals surface area contributed by atoms with Crippen molar-refractivity contribution in [2.45, 2.75) is 13.8 Å². The molecule has 0 spiro atoms. The van der Waals surface area contributed by atoms with Crippen molar-refractivity contribution < 1.29 is 14.6 Å². The lowest BCUT2D eigenvalue weighted by molar-refractivity contribution is -0.131. The first-order chi connectivity index (χ1) is 7.11. The van der Waals surface area contributed by atoms with Crippen LogP contribution < -0.4 is 4.74 Å². The van der Waals surface area contributed by atoms with Crippen LogP contribution in [-0.4, -0.2) is 17.7 Å². The van der Waals surface area contributed by atoms with Crippen molar-refractivity contribution >= 4 is 5.97 Å². The first-order valence-corrected chi connectivity index (χ1v) is 4.69. The number of ether oxygens (including phenoxy) is 1. The lowest BCUT2D eigenvalue weighted by atomic mass is 10.1. The Morgan fingerprint density at radius 1 is 1.47 bits per heavy atom. The van der Waals surface area contributed by atoms with Crippen LogP contribution in [0, 0.1) is 13.8 Å². The first-order valence-electron chi connectivity index (χ1n) is 4.69. The van der Waals surface area contributed by atoms with Crippen molar-refractivity contribution in [1.82, 2.24) is 0 Å². The van der Waals surface area contributed by atoms with Gasteiger partial charge in [0.15, 0.2) is 0 Å². The number of rotatable bonds is 4. The lowest BCUT2D eigenvalue weighted by Gasteiger charge is -2.08. The molecule has 80 valence electrons. The molecule has 0 saturated carbocycles. The van der Waals surface area contributed by atoms with Crippen LogP contribution in [0.4, 0.5) is 0 Å². The van der Waals surface area contributed by atoms with Crippen molar-refractivity contribution in [3.05, 3.63) is 41.5 Å². The zero-order valence-electron chi connectivity index (χ0n) is 8.86. The molecule has 0 fully saturated rings. The summed E-state index contributed by atoms with van der Waals surface area (Å²) in [7, 11) is 0. The van der Waals surface area contributed by atoms with Crippen LogP contribution in [0.3, 0.4) is 0 Å². The van der Waals surface area contributed by atoms with Gasteiger partial charge in [0.25, 0.3) is 0 Å². The molecule has 1 N–H and O–H groups in total. The minimum atomic E-state index is -0.959. The summed E-state index contributed by atoms with van der Waals surface area (Å²) < 4.78 is 5.42. The van der Waals surface area contributed by atoms with Crippen molar-refractivity contribution in [1.29, 1.82) is 0 Å². The Bertz CT molecular complexity index is 380. The molecule has 0 bridgehead atoms. The molecule has 0 aromatic heterocycles. The maximum atomic E-state index is 10.2. The molecule has 0 radical (unpaired) electrons. The van der Waals surface area contributed by atoms with Gasteiger partial charge in [-0.1, -0.05) is 12.1 Å². The summed E-state index contributed by atoms with van der Waals surface area (Å²) in [6, 6.07) is 5.80. The van der Waals surface area contributed by atoms with Crippen molar-refractivity contribution in [2.24, 2.45) is 0 Å². The van der Waals surface area contributed by atoms with E-state index in [1.807, 2.05) is 32.0 Å². The third-order valence-electron chi connectivity index (χ3n) is 2.15. The van der Waals surface area contributed by atoms with Gasteiger partial charge in [-0.2, -0.15) is 0 Å². The molecule has 1 aromatic rings. The van der Waals surface area contributed by atoms with E-state index in [1.54, 1.807) is 0 Å².